The molecular weight excluding hydrogens is 243 g/mol. The van der Waals surface area contributed by atoms with E-state index in [1.54, 1.807) is 6.07 Å². The van der Waals surface area contributed by atoms with E-state index in [4.69, 9.17) is 4.74 Å². The van der Waals surface area contributed by atoms with E-state index >= 15 is 0 Å². The molecule has 0 radical (unpaired) electrons. The molecular formula is C15H23FN2O. The Balaban J connectivity index is 1.67. The van der Waals surface area contributed by atoms with Gasteiger partial charge in [0.25, 0.3) is 0 Å². The van der Waals surface area contributed by atoms with Crippen LogP contribution in [0.3, 0.4) is 0 Å². The summed E-state index contributed by atoms with van der Waals surface area (Å²) < 4.78 is 18.8. The third-order valence-corrected chi connectivity index (χ3v) is 3.51. The van der Waals surface area contributed by atoms with Crippen LogP contribution in [-0.4, -0.2) is 50.3 Å². The van der Waals surface area contributed by atoms with Crippen LogP contribution >= 0.6 is 0 Å². The van der Waals surface area contributed by atoms with Gasteiger partial charge < -0.3 is 10.1 Å². The monoisotopic (exact) mass is 266 g/mol. The van der Waals surface area contributed by atoms with Crippen LogP contribution in [-0.2, 0) is 11.2 Å². The SMILES string of the molecule is CC(Cc1ccccc1F)NCCN1CCOCC1. The van der Waals surface area contributed by atoms with Crippen LogP contribution in [0.5, 0.6) is 0 Å². The molecule has 4 heteroatoms. The lowest BCUT2D eigenvalue weighted by atomic mass is 10.1. The molecule has 1 saturated heterocycles. The van der Waals surface area contributed by atoms with Gasteiger partial charge >= 0.3 is 0 Å². The second-order valence-corrected chi connectivity index (χ2v) is 5.10. The molecule has 1 aromatic carbocycles. The van der Waals surface area contributed by atoms with Crippen LogP contribution in [0, 0.1) is 5.82 Å². The number of morpholine rings is 1. The van der Waals surface area contributed by atoms with Crippen molar-refractivity contribution in [1.82, 2.24) is 10.2 Å². The quantitative estimate of drug-likeness (QED) is 0.848. The Bertz CT molecular complexity index is 380. The summed E-state index contributed by atoms with van der Waals surface area (Å²) in [6, 6.07) is 7.29. The smallest absolute Gasteiger partial charge is 0.126 e. The van der Waals surface area contributed by atoms with E-state index in [1.165, 1.54) is 6.07 Å². The second kappa shape index (κ2) is 7.58. The molecule has 0 bridgehead atoms. The highest BCUT2D eigenvalue weighted by atomic mass is 19.1. The van der Waals surface area contributed by atoms with E-state index in [-0.39, 0.29) is 11.9 Å². The molecule has 1 aliphatic heterocycles. The first kappa shape index (κ1) is 14.4. The molecule has 0 spiro atoms. The molecule has 1 unspecified atom stereocenters. The Labute approximate surface area is 114 Å². The summed E-state index contributed by atoms with van der Waals surface area (Å²) in [5.41, 5.74) is 0.786. The summed E-state index contributed by atoms with van der Waals surface area (Å²) in [4.78, 5) is 2.40. The summed E-state index contributed by atoms with van der Waals surface area (Å²) in [5.74, 6) is -0.107. The third kappa shape index (κ3) is 4.90. The van der Waals surface area contributed by atoms with Crippen LogP contribution in [0.15, 0.2) is 24.3 Å². The highest BCUT2D eigenvalue weighted by molar-refractivity contribution is 5.18. The van der Waals surface area contributed by atoms with E-state index in [1.807, 2.05) is 12.1 Å². The van der Waals surface area contributed by atoms with Crippen LogP contribution in [0.4, 0.5) is 4.39 Å². The van der Waals surface area contributed by atoms with Gasteiger partial charge in [0, 0.05) is 32.2 Å². The maximum absolute atomic E-state index is 13.5. The average molecular weight is 266 g/mol. The maximum Gasteiger partial charge on any atom is 0.126 e. The Morgan fingerprint density at radius 2 is 2.05 bits per heavy atom. The summed E-state index contributed by atoms with van der Waals surface area (Å²) >= 11 is 0. The fraction of sp³-hybridized carbons (Fsp3) is 0.600. The van der Waals surface area contributed by atoms with Crippen LogP contribution in [0.2, 0.25) is 0 Å². The third-order valence-electron chi connectivity index (χ3n) is 3.51. The Morgan fingerprint density at radius 3 is 2.79 bits per heavy atom. The molecule has 1 N–H and O–H groups in total. The fourth-order valence-electron chi connectivity index (χ4n) is 2.36. The van der Waals surface area contributed by atoms with Gasteiger partial charge in [-0.3, -0.25) is 4.90 Å². The molecule has 0 saturated carbocycles. The molecule has 3 nitrogen and oxygen atoms in total. The van der Waals surface area contributed by atoms with Crippen LogP contribution in [0.1, 0.15) is 12.5 Å². The zero-order valence-electron chi connectivity index (χ0n) is 11.6. The number of halogens is 1. The molecule has 1 atom stereocenters. The number of ether oxygens (including phenoxy) is 1. The minimum absolute atomic E-state index is 0.107. The van der Waals surface area contributed by atoms with Crippen molar-refractivity contribution in [2.24, 2.45) is 0 Å². The molecule has 2 rings (SSSR count). The Morgan fingerprint density at radius 1 is 1.32 bits per heavy atom. The molecule has 1 aliphatic rings. The van der Waals surface area contributed by atoms with Gasteiger partial charge in [-0.05, 0) is 25.0 Å². The Hall–Kier alpha value is -0.970. The van der Waals surface area contributed by atoms with Crippen molar-refractivity contribution in [2.45, 2.75) is 19.4 Å². The predicted molar refractivity (Wildman–Crippen MR) is 74.8 cm³/mol. The number of hydrogen-bond donors (Lipinski definition) is 1. The lowest BCUT2D eigenvalue weighted by molar-refractivity contribution is 0.0382. The van der Waals surface area contributed by atoms with Crippen molar-refractivity contribution in [2.75, 3.05) is 39.4 Å². The van der Waals surface area contributed by atoms with Crippen LogP contribution in [0.25, 0.3) is 0 Å². The van der Waals surface area contributed by atoms with E-state index in [0.717, 1.165) is 51.4 Å². The summed E-state index contributed by atoms with van der Waals surface area (Å²) in [6.07, 6.45) is 0.732. The van der Waals surface area contributed by atoms with Gasteiger partial charge in [0.1, 0.15) is 5.82 Å². The van der Waals surface area contributed by atoms with Crippen molar-refractivity contribution in [3.05, 3.63) is 35.6 Å². The highest BCUT2D eigenvalue weighted by Crippen LogP contribution is 2.08. The van der Waals surface area contributed by atoms with Crippen molar-refractivity contribution in [3.63, 3.8) is 0 Å². The van der Waals surface area contributed by atoms with E-state index in [9.17, 15) is 4.39 Å². The minimum atomic E-state index is -0.107. The summed E-state index contributed by atoms with van der Waals surface area (Å²) in [7, 11) is 0. The van der Waals surface area contributed by atoms with Crippen LogP contribution < -0.4 is 5.32 Å². The molecule has 1 heterocycles. The first-order valence-corrected chi connectivity index (χ1v) is 7.02. The zero-order valence-corrected chi connectivity index (χ0v) is 11.6. The van der Waals surface area contributed by atoms with Gasteiger partial charge in [0.2, 0.25) is 0 Å². The van der Waals surface area contributed by atoms with E-state index in [0.29, 0.717) is 0 Å². The molecule has 0 aromatic heterocycles. The lowest BCUT2D eigenvalue weighted by Gasteiger charge is -2.27. The van der Waals surface area contributed by atoms with Gasteiger partial charge in [-0.2, -0.15) is 0 Å². The molecule has 1 aromatic rings. The number of hydrogen-bond acceptors (Lipinski definition) is 3. The zero-order chi connectivity index (χ0) is 13.5. The van der Waals surface area contributed by atoms with Crippen molar-refractivity contribution >= 4 is 0 Å². The molecule has 0 aliphatic carbocycles. The fourth-order valence-corrected chi connectivity index (χ4v) is 2.36. The minimum Gasteiger partial charge on any atom is -0.379 e. The standard InChI is InChI=1S/C15H23FN2O/c1-13(12-14-4-2-3-5-15(14)16)17-6-7-18-8-10-19-11-9-18/h2-5,13,17H,6-12H2,1H3. The maximum atomic E-state index is 13.5. The van der Waals surface area contributed by atoms with Gasteiger partial charge in [0.15, 0.2) is 0 Å². The topological polar surface area (TPSA) is 24.5 Å². The van der Waals surface area contributed by atoms with Gasteiger partial charge in [-0.25, -0.2) is 4.39 Å². The van der Waals surface area contributed by atoms with Crippen molar-refractivity contribution < 1.29 is 9.13 Å². The number of nitrogens with zero attached hydrogens (tertiary/aromatic N) is 1. The largest absolute Gasteiger partial charge is 0.379 e. The highest BCUT2D eigenvalue weighted by Gasteiger charge is 2.11. The normalized spacial score (nSPS) is 18.4. The summed E-state index contributed by atoms with van der Waals surface area (Å²) in [5, 5.41) is 3.46. The lowest BCUT2D eigenvalue weighted by Crippen LogP contribution is -2.42. The summed E-state index contributed by atoms with van der Waals surface area (Å²) in [6.45, 7) is 7.79. The van der Waals surface area contributed by atoms with Gasteiger partial charge in [0.05, 0.1) is 13.2 Å². The Kier molecular flexibility index (Phi) is 5.76. The van der Waals surface area contributed by atoms with E-state index < -0.39 is 0 Å². The molecule has 0 amide bonds. The number of rotatable bonds is 6. The van der Waals surface area contributed by atoms with Crippen molar-refractivity contribution in [3.8, 4) is 0 Å². The first-order chi connectivity index (χ1) is 9.25. The van der Waals surface area contributed by atoms with Gasteiger partial charge in [-0.1, -0.05) is 18.2 Å². The van der Waals surface area contributed by atoms with E-state index in [2.05, 4.69) is 17.1 Å². The predicted octanol–water partition coefficient (Wildman–Crippen LogP) is 1.68. The molecule has 106 valence electrons. The molecule has 1 fully saturated rings. The van der Waals surface area contributed by atoms with Gasteiger partial charge in [-0.15, -0.1) is 0 Å². The molecule has 19 heavy (non-hydrogen) atoms. The van der Waals surface area contributed by atoms with Crippen molar-refractivity contribution in [1.29, 1.82) is 0 Å². The average Bonchev–Trinajstić information content (AvgIpc) is 2.43. The second-order valence-electron chi connectivity index (χ2n) is 5.10. The number of benzene rings is 1. The first-order valence-electron chi connectivity index (χ1n) is 7.02. The number of nitrogens with one attached hydrogen (secondary N) is 1.